The summed E-state index contributed by atoms with van der Waals surface area (Å²) in [5.41, 5.74) is 11.0. The van der Waals surface area contributed by atoms with Crippen LogP contribution in [-0.2, 0) is 6.42 Å². The zero-order valence-electron chi connectivity index (χ0n) is 14.5. The minimum atomic E-state index is 1.00. The van der Waals surface area contributed by atoms with Crippen molar-refractivity contribution in [2.45, 2.75) is 6.42 Å². The fourth-order valence-electron chi connectivity index (χ4n) is 4.09. The maximum atomic E-state index is 2.47. The molecule has 0 N–H and O–H groups in total. The molecular formula is C25H16I2. The quantitative estimate of drug-likeness (QED) is 0.190. The highest BCUT2D eigenvalue weighted by Gasteiger charge is 2.25. The van der Waals surface area contributed by atoms with Crippen LogP contribution in [0.3, 0.4) is 0 Å². The molecule has 0 saturated carbocycles. The molecule has 0 aliphatic heterocycles. The molecule has 0 spiro atoms. The van der Waals surface area contributed by atoms with Crippen LogP contribution < -0.4 is 0 Å². The molecule has 0 atom stereocenters. The van der Waals surface area contributed by atoms with Crippen LogP contribution >= 0.6 is 45.2 Å². The molecule has 0 amide bonds. The van der Waals surface area contributed by atoms with Crippen molar-refractivity contribution in [2.24, 2.45) is 0 Å². The Bertz CT molecular complexity index is 1170. The Morgan fingerprint density at radius 2 is 1.04 bits per heavy atom. The zero-order valence-corrected chi connectivity index (χ0v) is 18.9. The third-order valence-corrected chi connectivity index (χ3v) is 7.18. The highest BCUT2D eigenvalue weighted by Crippen LogP contribution is 2.47. The molecule has 0 radical (unpaired) electrons. The second-order valence-corrected chi connectivity index (χ2v) is 9.13. The van der Waals surface area contributed by atoms with Gasteiger partial charge in [-0.3, -0.25) is 0 Å². The van der Waals surface area contributed by atoms with E-state index in [0.29, 0.717) is 0 Å². The SMILES string of the molecule is Ic1ccccc1-c1ccc2c(c1-c1ccccc1I)Cc1ccccc1-2. The molecule has 130 valence electrons. The van der Waals surface area contributed by atoms with E-state index >= 15 is 0 Å². The Balaban J connectivity index is 1.86. The van der Waals surface area contributed by atoms with Gasteiger partial charge >= 0.3 is 0 Å². The molecule has 1 aliphatic carbocycles. The molecule has 2 heteroatoms. The summed E-state index contributed by atoms with van der Waals surface area (Å²) in [5, 5.41) is 0. The summed E-state index contributed by atoms with van der Waals surface area (Å²) >= 11 is 4.93. The molecule has 27 heavy (non-hydrogen) atoms. The first-order valence-corrected chi connectivity index (χ1v) is 11.1. The van der Waals surface area contributed by atoms with E-state index in [2.05, 4.69) is 130 Å². The van der Waals surface area contributed by atoms with E-state index in [1.165, 1.54) is 51.6 Å². The van der Waals surface area contributed by atoms with Crippen LogP contribution in [0.4, 0.5) is 0 Å². The van der Waals surface area contributed by atoms with Gasteiger partial charge in [0.05, 0.1) is 0 Å². The Morgan fingerprint density at radius 1 is 0.481 bits per heavy atom. The molecule has 0 heterocycles. The van der Waals surface area contributed by atoms with Crippen molar-refractivity contribution in [1.29, 1.82) is 0 Å². The van der Waals surface area contributed by atoms with Crippen LogP contribution in [0.2, 0.25) is 0 Å². The molecule has 0 nitrogen and oxygen atoms in total. The van der Waals surface area contributed by atoms with E-state index in [4.69, 9.17) is 0 Å². The molecular weight excluding hydrogens is 554 g/mol. The number of rotatable bonds is 2. The van der Waals surface area contributed by atoms with Crippen LogP contribution in [0.5, 0.6) is 0 Å². The van der Waals surface area contributed by atoms with Gasteiger partial charge in [0.25, 0.3) is 0 Å². The lowest BCUT2D eigenvalue weighted by atomic mass is 9.88. The van der Waals surface area contributed by atoms with E-state index in [1.807, 2.05) is 0 Å². The highest BCUT2D eigenvalue weighted by molar-refractivity contribution is 14.1. The summed E-state index contributed by atoms with van der Waals surface area (Å²) in [7, 11) is 0. The molecule has 1 aliphatic rings. The molecule has 5 rings (SSSR count). The average molecular weight is 570 g/mol. The average Bonchev–Trinajstić information content (AvgIpc) is 3.07. The van der Waals surface area contributed by atoms with Crippen molar-refractivity contribution in [1.82, 2.24) is 0 Å². The second-order valence-electron chi connectivity index (χ2n) is 6.81. The van der Waals surface area contributed by atoms with Gasteiger partial charge in [0.1, 0.15) is 0 Å². The van der Waals surface area contributed by atoms with Gasteiger partial charge in [0.15, 0.2) is 0 Å². The molecule has 0 fully saturated rings. The molecule has 0 aromatic heterocycles. The maximum Gasteiger partial charge on any atom is 0.0209 e. The zero-order chi connectivity index (χ0) is 18.4. The molecule has 0 bridgehead atoms. The number of halogens is 2. The van der Waals surface area contributed by atoms with E-state index in [1.54, 1.807) is 0 Å². The van der Waals surface area contributed by atoms with Crippen LogP contribution in [0.15, 0.2) is 84.9 Å². The fourth-order valence-corrected chi connectivity index (χ4v) is 5.42. The summed E-state index contributed by atoms with van der Waals surface area (Å²) in [6.45, 7) is 0. The highest BCUT2D eigenvalue weighted by atomic mass is 127. The van der Waals surface area contributed by atoms with Crippen LogP contribution in [0.1, 0.15) is 11.1 Å². The van der Waals surface area contributed by atoms with Crippen molar-refractivity contribution in [3.63, 3.8) is 0 Å². The Labute approximate surface area is 186 Å². The van der Waals surface area contributed by atoms with E-state index in [0.717, 1.165) is 6.42 Å². The van der Waals surface area contributed by atoms with Gasteiger partial charge in [0.2, 0.25) is 0 Å². The third-order valence-electron chi connectivity index (χ3n) is 5.29. The molecule has 0 unspecified atom stereocenters. The third kappa shape index (κ3) is 2.93. The van der Waals surface area contributed by atoms with Crippen LogP contribution in [-0.4, -0.2) is 0 Å². The Morgan fingerprint density at radius 3 is 1.74 bits per heavy atom. The molecule has 4 aromatic rings. The van der Waals surface area contributed by atoms with Gasteiger partial charge in [-0.25, -0.2) is 0 Å². The molecule has 4 aromatic carbocycles. The Kier molecular flexibility index (Phi) is 4.56. The summed E-state index contributed by atoms with van der Waals surface area (Å²) in [4.78, 5) is 0. The lowest BCUT2D eigenvalue weighted by molar-refractivity contribution is 1.26. The first-order valence-electron chi connectivity index (χ1n) is 8.98. The normalized spacial score (nSPS) is 11.9. The van der Waals surface area contributed by atoms with Gasteiger partial charge in [-0.1, -0.05) is 72.8 Å². The van der Waals surface area contributed by atoms with E-state index in [-0.39, 0.29) is 0 Å². The van der Waals surface area contributed by atoms with Crippen molar-refractivity contribution < 1.29 is 0 Å². The minimum absolute atomic E-state index is 1.00. The number of hydrogen-bond donors (Lipinski definition) is 0. The first kappa shape index (κ1) is 17.4. The smallest absolute Gasteiger partial charge is 0.0209 e. The predicted octanol–water partition coefficient (Wildman–Crippen LogP) is 7.80. The van der Waals surface area contributed by atoms with E-state index in [9.17, 15) is 0 Å². The van der Waals surface area contributed by atoms with Crippen LogP contribution in [0.25, 0.3) is 33.4 Å². The summed E-state index contributed by atoms with van der Waals surface area (Å²) in [6.07, 6.45) is 1.00. The summed E-state index contributed by atoms with van der Waals surface area (Å²) in [6, 6.07) is 30.9. The Hall–Kier alpha value is -1.66. The van der Waals surface area contributed by atoms with E-state index < -0.39 is 0 Å². The number of benzene rings is 4. The standard InChI is InChI=1S/C25H16I2/c26-23-11-5-3-9-19(23)20-14-13-18-17-8-2-1-7-16(17)15-22(18)25(20)21-10-4-6-12-24(21)27/h1-14H,15H2. The fraction of sp³-hybridized carbons (Fsp3) is 0.0400. The maximum absolute atomic E-state index is 2.47. The van der Waals surface area contributed by atoms with Gasteiger partial charge in [-0.15, -0.1) is 0 Å². The van der Waals surface area contributed by atoms with Gasteiger partial charge in [0, 0.05) is 7.14 Å². The van der Waals surface area contributed by atoms with Gasteiger partial charge < -0.3 is 0 Å². The first-order chi connectivity index (χ1) is 13.2. The van der Waals surface area contributed by atoms with Crippen molar-refractivity contribution >= 4 is 45.2 Å². The lowest BCUT2D eigenvalue weighted by Crippen LogP contribution is -1.95. The van der Waals surface area contributed by atoms with Gasteiger partial charge in [-0.05, 0) is 108 Å². The summed E-state index contributed by atoms with van der Waals surface area (Å²) < 4.78 is 2.59. The summed E-state index contributed by atoms with van der Waals surface area (Å²) in [5.74, 6) is 0. The van der Waals surface area contributed by atoms with Crippen LogP contribution in [0, 0.1) is 7.14 Å². The second kappa shape index (κ2) is 7.06. The van der Waals surface area contributed by atoms with Crippen molar-refractivity contribution in [3.8, 4) is 33.4 Å². The lowest BCUT2D eigenvalue weighted by Gasteiger charge is -2.18. The topological polar surface area (TPSA) is 0 Å². The van der Waals surface area contributed by atoms with Gasteiger partial charge in [-0.2, -0.15) is 0 Å². The number of hydrogen-bond acceptors (Lipinski definition) is 0. The minimum Gasteiger partial charge on any atom is -0.0619 e. The van der Waals surface area contributed by atoms with Crippen molar-refractivity contribution in [3.05, 3.63) is 103 Å². The predicted molar refractivity (Wildman–Crippen MR) is 131 cm³/mol. The van der Waals surface area contributed by atoms with Crippen molar-refractivity contribution in [2.75, 3.05) is 0 Å². The monoisotopic (exact) mass is 570 g/mol. The molecule has 0 saturated heterocycles. The number of fused-ring (bicyclic) bond motifs is 3. The largest absolute Gasteiger partial charge is 0.0619 e.